The van der Waals surface area contributed by atoms with Gasteiger partial charge in [-0.1, -0.05) is 6.42 Å². The summed E-state index contributed by atoms with van der Waals surface area (Å²) in [4.78, 5) is 0. The quantitative estimate of drug-likeness (QED) is 0.598. The summed E-state index contributed by atoms with van der Waals surface area (Å²) in [5.41, 5.74) is 4.18. The van der Waals surface area contributed by atoms with Crippen LogP contribution in [0.25, 0.3) is 0 Å². The minimum absolute atomic E-state index is 0.317. The Hall–Kier alpha value is -0.680. The summed E-state index contributed by atoms with van der Waals surface area (Å²) in [5.74, 6) is 0. The van der Waals surface area contributed by atoms with Crippen LogP contribution in [0.3, 0.4) is 0 Å². The van der Waals surface area contributed by atoms with Gasteiger partial charge in [0.2, 0.25) is 0 Å². The van der Waals surface area contributed by atoms with Gasteiger partial charge in [0.25, 0.3) is 0 Å². The van der Waals surface area contributed by atoms with Gasteiger partial charge < -0.3 is 10.1 Å². The zero-order valence-corrected chi connectivity index (χ0v) is 11.0. The van der Waals surface area contributed by atoms with Crippen molar-refractivity contribution in [2.24, 2.45) is 5.10 Å². The molecule has 1 saturated carbocycles. The minimum Gasteiger partial charge on any atom is -0.376 e. The molecule has 0 aromatic carbocycles. The van der Waals surface area contributed by atoms with Gasteiger partial charge in [-0.3, -0.25) is 5.43 Å². The monoisotopic (exact) mass is 255 g/mol. The van der Waals surface area contributed by atoms with Crippen LogP contribution in [-0.2, 0) is 4.74 Å². The molecule has 1 atom stereocenters. The minimum atomic E-state index is 0.317. The van der Waals surface area contributed by atoms with E-state index in [4.69, 9.17) is 17.0 Å². The van der Waals surface area contributed by atoms with E-state index in [-0.39, 0.29) is 0 Å². The van der Waals surface area contributed by atoms with E-state index < -0.39 is 0 Å². The lowest BCUT2D eigenvalue weighted by atomic mass is 9.99. The second-order valence-electron chi connectivity index (χ2n) is 4.70. The van der Waals surface area contributed by atoms with Crippen LogP contribution in [0, 0.1) is 0 Å². The third kappa shape index (κ3) is 4.60. The van der Waals surface area contributed by atoms with Crippen molar-refractivity contribution in [1.29, 1.82) is 0 Å². The smallest absolute Gasteiger partial charge is 0.187 e. The molecule has 5 heteroatoms. The van der Waals surface area contributed by atoms with Crippen molar-refractivity contribution in [1.82, 2.24) is 10.7 Å². The van der Waals surface area contributed by atoms with Gasteiger partial charge in [-0.2, -0.15) is 5.10 Å². The lowest BCUT2D eigenvalue weighted by Crippen LogP contribution is -2.37. The Morgan fingerprint density at radius 1 is 1.29 bits per heavy atom. The molecule has 1 aliphatic carbocycles. The van der Waals surface area contributed by atoms with Crippen molar-refractivity contribution in [3.8, 4) is 0 Å². The summed E-state index contributed by atoms with van der Waals surface area (Å²) >= 11 is 5.17. The fourth-order valence-electron chi connectivity index (χ4n) is 2.25. The molecular weight excluding hydrogens is 234 g/mol. The molecule has 0 spiro atoms. The summed E-state index contributed by atoms with van der Waals surface area (Å²) in [6, 6.07) is 0. The molecule has 2 fully saturated rings. The molecule has 96 valence electrons. The van der Waals surface area contributed by atoms with Crippen molar-refractivity contribution in [3.05, 3.63) is 0 Å². The van der Waals surface area contributed by atoms with Crippen LogP contribution in [-0.4, -0.2) is 30.1 Å². The Kier molecular flexibility index (Phi) is 5.19. The highest BCUT2D eigenvalue weighted by molar-refractivity contribution is 7.80. The second-order valence-corrected chi connectivity index (χ2v) is 5.10. The molecule has 0 aromatic heterocycles. The summed E-state index contributed by atoms with van der Waals surface area (Å²) in [6.07, 6.45) is 8.69. The first-order valence-electron chi connectivity index (χ1n) is 6.55. The Morgan fingerprint density at radius 3 is 2.82 bits per heavy atom. The predicted octanol–water partition coefficient (Wildman–Crippen LogP) is 1.95. The first kappa shape index (κ1) is 12.8. The largest absolute Gasteiger partial charge is 0.376 e. The van der Waals surface area contributed by atoms with Crippen molar-refractivity contribution in [3.63, 3.8) is 0 Å². The average Bonchev–Trinajstić information content (AvgIpc) is 2.88. The lowest BCUT2D eigenvalue weighted by Gasteiger charge is -2.14. The van der Waals surface area contributed by atoms with E-state index in [9.17, 15) is 0 Å². The molecule has 0 unspecified atom stereocenters. The van der Waals surface area contributed by atoms with Gasteiger partial charge in [-0.15, -0.1) is 0 Å². The molecule has 1 saturated heterocycles. The van der Waals surface area contributed by atoms with Gasteiger partial charge in [0.1, 0.15) is 0 Å². The normalized spacial score (nSPS) is 24.5. The maximum absolute atomic E-state index is 5.51. The average molecular weight is 255 g/mol. The molecule has 2 N–H and O–H groups in total. The number of hydrogen-bond acceptors (Lipinski definition) is 3. The lowest BCUT2D eigenvalue weighted by molar-refractivity contribution is 0.114. The van der Waals surface area contributed by atoms with Gasteiger partial charge in [-0.05, 0) is 50.7 Å². The molecule has 0 radical (unpaired) electrons. The van der Waals surface area contributed by atoms with E-state index >= 15 is 0 Å². The fourth-order valence-corrected chi connectivity index (χ4v) is 2.38. The summed E-state index contributed by atoms with van der Waals surface area (Å²) < 4.78 is 5.51. The van der Waals surface area contributed by atoms with Gasteiger partial charge in [0.15, 0.2) is 5.11 Å². The van der Waals surface area contributed by atoms with Crippen LogP contribution >= 0.6 is 12.2 Å². The number of nitrogens with zero attached hydrogens (tertiary/aromatic N) is 1. The Bertz CT molecular complexity index is 279. The summed E-state index contributed by atoms with van der Waals surface area (Å²) in [5, 5.41) is 8.11. The first-order chi connectivity index (χ1) is 8.34. The Balaban J connectivity index is 1.62. The van der Waals surface area contributed by atoms with E-state index in [0.29, 0.717) is 11.2 Å². The molecule has 0 aromatic rings. The molecule has 4 nitrogen and oxygen atoms in total. The first-order valence-corrected chi connectivity index (χ1v) is 6.96. The molecule has 2 aliphatic rings. The van der Waals surface area contributed by atoms with Crippen LogP contribution in [0.15, 0.2) is 5.10 Å². The summed E-state index contributed by atoms with van der Waals surface area (Å²) in [7, 11) is 0. The van der Waals surface area contributed by atoms with E-state index in [1.165, 1.54) is 25.0 Å². The van der Waals surface area contributed by atoms with Crippen LogP contribution in [0.2, 0.25) is 0 Å². The van der Waals surface area contributed by atoms with Crippen molar-refractivity contribution < 1.29 is 4.74 Å². The van der Waals surface area contributed by atoms with E-state index in [0.717, 1.165) is 38.8 Å². The highest BCUT2D eigenvalue weighted by Crippen LogP contribution is 2.14. The van der Waals surface area contributed by atoms with Crippen molar-refractivity contribution in [2.45, 2.75) is 51.0 Å². The summed E-state index contributed by atoms with van der Waals surface area (Å²) in [6.45, 7) is 1.67. The van der Waals surface area contributed by atoms with Crippen molar-refractivity contribution in [2.75, 3.05) is 13.2 Å². The zero-order valence-electron chi connectivity index (χ0n) is 10.2. The van der Waals surface area contributed by atoms with Crippen LogP contribution in [0.5, 0.6) is 0 Å². The maximum atomic E-state index is 5.51. The number of nitrogens with one attached hydrogen (secondary N) is 2. The number of rotatable bonds is 3. The third-order valence-corrected chi connectivity index (χ3v) is 3.50. The number of hydrazone groups is 1. The fraction of sp³-hybridized carbons (Fsp3) is 0.833. The van der Waals surface area contributed by atoms with Crippen LogP contribution in [0.4, 0.5) is 0 Å². The van der Waals surface area contributed by atoms with E-state index in [1.807, 2.05) is 0 Å². The molecule has 1 aliphatic heterocycles. The molecule has 2 rings (SSSR count). The number of hydrogen-bond donors (Lipinski definition) is 2. The van der Waals surface area contributed by atoms with Gasteiger partial charge >= 0.3 is 0 Å². The number of ether oxygens (including phenoxy) is 1. The standard InChI is InChI=1S/C12H21N3OS/c17-12(13-9-11-7-4-8-16-11)15-14-10-5-2-1-3-6-10/h11H,1-9H2,(H2,13,15,17)/t11-/m1/s1. The Labute approximate surface area is 108 Å². The molecule has 0 amide bonds. The van der Waals surface area contributed by atoms with Crippen LogP contribution < -0.4 is 10.7 Å². The van der Waals surface area contributed by atoms with Crippen LogP contribution in [0.1, 0.15) is 44.9 Å². The Morgan fingerprint density at radius 2 is 2.12 bits per heavy atom. The van der Waals surface area contributed by atoms with Gasteiger partial charge in [0.05, 0.1) is 6.10 Å². The van der Waals surface area contributed by atoms with E-state index in [1.54, 1.807) is 0 Å². The third-order valence-electron chi connectivity index (χ3n) is 3.26. The molecular formula is C12H21N3OS. The zero-order chi connectivity index (χ0) is 11.9. The number of thiocarbonyl (C=S) groups is 1. The maximum Gasteiger partial charge on any atom is 0.187 e. The predicted molar refractivity (Wildman–Crippen MR) is 73.2 cm³/mol. The topological polar surface area (TPSA) is 45.6 Å². The second kappa shape index (κ2) is 6.91. The molecule has 0 bridgehead atoms. The molecule has 1 heterocycles. The van der Waals surface area contributed by atoms with Gasteiger partial charge in [-0.25, -0.2) is 0 Å². The highest BCUT2D eigenvalue weighted by atomic mass is 32.1. The molecule has 17 heavy (non-hydrogen) atoms. The highest BCUT2D eigenvalue weighted by Gasteiger charge is 2.15. The van der Waals surface area contributed by atoms with Crippen molar-refractivity contribution >= 4 is 23.0 Å². The van der Waals surface area contributed by atoms with Gasteiger partial charge in [0, 0.05) is 18.9 Å². The van der Waals surface area contributed by atoms with E-state index in [2.05, 4.69) is 15.8 Å². The SMILES string of the molecule is S=C(NC[C@H]1CCCO1)NN=C1CCCCC1.